The molecular weight excluding hydrogens is 490 g/mol. The van der Waals surface area contributed by atoms with Crippen LogP contribution in [0.15, 0.2) is 24.3 Å². The van der Waals surface area contributed by atoms with Crippen molar-refractivity contribution in [1.29, 1.82) is 0 Å². The van der Waals surface area contributed by atoms with Gasteiger partial charge in [0, 0.05) is 56.1 Å². The quantitative estimate of drug-likeness (QED) is 0.423. The van der Waals surface area contributed by atoms with Gasteiger partial charge in [-0.1, -0.05) is 52.7 Å². The average molecular weight is 536 g/mol. The van der Waals surface area contributed by atoms with E-state index in [0.717, 1.165) is 63.2 Å². The molecule has 1 aliphatic carbocycles. The summed E-state index contributed by atoms with van der Waals surface area (Å²) in [7, 11) is 0. The molecule has 212 valence electrons. The number of nitrogens with zero attached hydrogens (tertiary/aromatic N) is 2. The van der Waals surface area contributed by atoms with Gasteiger partial charge in [0.25, 0.3) is 5.91 Å². The van der Waals surface area contributed by atoms with Crippen LogP contribution in [0, 0.1) is 12.3 Å². The van der Waals surface area contributed by atoms with Gasteiger partial charge in [-0.2, -0.15) is 0 Å². The molecule has 1 atom stereocenters. The first-order valence-corrected chi connectivity index (χ1v) is 14.5. The highest BCUT2D eigenvalue weighted by Crippen LogP contribution is 2.36. The predicted octanol–water partition coefficient (Wildman–Crippen LogP) is 4.23. The van der Waals surface area contributed by atoms with Crippen LogP contribution in [0.25, 0.3) is 0 Å². The van der Waals surface area contributed by atoms with Gasteiger partial charge in [-0.3, -0.25) is 14.4 Å². The number of anilines is 1. The van der Waals surface area contributed by atoms with Gasteiger partial charge in [-0.05, 0) is 55.0 Å². The van der Waals surface area contributed by atoms with E-state index in [0.29, 0.717) is 36.2 Å². The maximum absolute atomic E-state index is 13.3. The van der Waals surface area contributed by atoms with Crippen molar-refractivity contribution >= 4 is 23.3 Å². The van der Waals surface area contributed by atoms with Crippen molar-refractivity contribution in [2.75, 3.05) is 37.6 Å². The molecule has 4 rings (SSSR count). The molecule has 8 heteroatoms. The average Bonchev–Trinajstić information content (AvgIpc) is 3.25. The maximum atomic E-state index is 13.3. The van der Waals surface area contributed by atoms with Crippen molar-refractivity contribution < 1.29 is 14.4 Å². The Hall–Kier alpha value is -3.13. The Kier molecular flexibility index (Phi) is 9.15. The fraction of sp³-hybridized carbons (Fsp3) is 0.581. The number of piperazine rings is 1. The molecule has 39 heavy (non-hydrogen) atoms. The first kappa shape index (κ1) is 28.9. The molecular formula is C31H45N5O3. The van der Waals surface area contributed by atoms with Crippen LogP contribution in [-0.2, 0) is 17.8 Å². The van der Waals surface area contributed by atoms with Crippen molar-refractivity contribution in [2.24, 2.45) is 5.41 Å². The summed E-state index contributed by atoms with van der Waals surface area (Å²) in [5, 5.41) is 5.97. The maximum Gasteiger partial charge on any atom is 0.268 e. The number of carbonyl (C=O) groups excluding carboxylic acids is 3. The highest BCUT2D eigenvalue weighted by atomic mass is 16.2. The number of aromatic nitrogens is 1. The smallest absolute Gasteiger partial charge is 0.268 e. The number of ketones is 1. The van der Waals surface area contributed by atoms with Crippen molar-refractivity contribution in [3.8, 4) is 0 Å². The monoisotopic (exact) mass is 535 g/mol. The summed E-state index contributed by atoms with van der Waals surface area (Å²) in [4.78, 5) is 47.3. The van der Waals surface area contributed by atoms with Gasteiger partial charge in [0.1, 0.15) is 11.7 Å². The highest BCUT2D eigenvalue weighted by molar-refractivity contribution is 6.05. The zero-order valence-electron chi connectivity index (χ0n) is 24.3. The molecule has 2 aliphatic rings. The molecule has 0 radical (unpaired) electrons. The minimum atomic E-state index is -0.640. The van der Waals surface area contributed by atoms with Crippen molar-refractivity contribution in [2.45, 2.75) is 79.3 Å². The summed E-state index contributed by atoms with van der Waals surface area (Å²) >= 11 is 0. The third-order valence-electron chi connectivity index (χ3n) is 8.18. The van der Waals surface area contributed by atoms with Crippen molar-refractivity contribution in [3.05, 3.63) is 52.3 Å². The number of amides is 2. The Morgan fingerprint density at radius 1 is 1.05 bits per heavy atom. The number of aromatic amines is 1. The Morgan fingerprint density at radius 3 is 2.38 bits per heavy atom. The summed E-state index contributed by atoms with van der Waals surface area (Å²) < 4.78 is 0. The fourth-order valence-electron chi connectivity index (χ4n) is 5.83. The number of likely N-dealkylation sites (N-methyl/N-ethyl adjacent to an activating group) is 1. The van der Waals surface area contributed by atoms with Gasteiger partial charge in [0.2, 0.25) is 5.91 Å². The second-order valence-electron chi connectivity index (χ2n) is 11.9. The summed E-state index contributed by atoms with van der Waals surface area (Å²) in [6.07, 6.45) is 3.49. The van der Waals surface area contributed by atoms with Crippen LogP contribution in [0.1, 0.15) is 91.0 Å². The van der Waals surface area contributed by atoms with Crippen LogP contribution in [0.3, 0.4) is 0 Å². The van der Waals surface area contributed by atoms with Crippen LogP contribution >= 0.6 is 0 Å². The Balaban J connectivity index is 1.37. The molecule has 1 aromatic heterocycles. The first-order chi connectivity index (χ1) is 18.6. The molecule has 8 nitrogen and oxygen atoms in total. The van der Waals surface area contributed by atoms with Gasteiger partial charge >= 0.3 is 0 Å². The lowest BCUT2D eigenvalue weighted by Gasteiger charge is -2.35. The molecule has 1 saturated heterocycles. The number of rotatable bonds is 10. The van der Waals surface area contributed by atoms with Gasteiger partial charge in [-0.15, -0.1) is 0 Å². The first-order valence-electron chi connectivity index (χ1n) is 14.5. The second-order valence-corrected chi connectivity index (χ2v) is 11.9. The number of hydrogen-bond acceptors (Lipinski definition) is 5. The minimum absolute atomic E-state index is 0.0727. The largest absolute Gasteiger partial charge is 0.369 e. The fourth-order valence-corrected chi connectivity index (χ4v) is 5.83. The summed E-state index contributed by atoms with van der Waals surface area (Å²) in [5.74, 6) is -0.456. The zero-order valence-corrected chi connectivity index (χ0v) is 24.3. The van der Waals surface area contributed by atoms with Gasteiger partial charge in [0.05, 0.1) is 0 Å². The Morgan fingerprint density at radius 2 is 1.74 bits per heavy atom. The molecule has 2 amide bonds. The molecule has 1 aliphatic heterocycles. The molecule has 1 unspecified atom stereocenters. The van der Waals surface area contributed by atoms with Crippen LogP contribution in [0.4, 0.5) is 5.69 Å². The second kappa shape index (κ2) is 12.4. The van der Waals surface area contributed by atoms with E-state index in [1.165, 1.54) is 5.69 Å². The van der Waals surface area contributed by atoms with Gasteiger partial charge in [-0.25, -0.2) is 0 Å². The van der Waals surface area contributed by atoms with Crippen LogP contribution in [0.2, 0.25) is 0 Å². The lowest BCUT2D eigenvalue weighted by Crippen LogP contribution is -2.46. The van der Waals surface area contributed by atoms with Gasteiger partial charge < -0.3 is 25.4 Å². The SMILES string of the molecule is CCCCC(NC(=O)c1[nH]c2c(c1C)C(=O)CC(C)(C)C2)C(=O)NCc1ccc(N2CCN(CC)CC2)cc1. The molecule has 0 saturated carbocycles. The van der Waals surface area contributed by atoms with Gasteiger partial charge in [0.15, 0.2) is 5.78 Å². The van der Waals surface area contributed by atoms with Crippen LogP contribution in [0.5, 0.6) is 0 Å². The van der Waals surface area contributed by atoms with E-state index in [1.807, 2.05) is 6.92 Å². The topological polar surface area (TPSA) is 97.5 Å². The number of carbonyl (C=O) groups is 3. The normalized spacial score (nSPS) is 18.0. The number of unbranched alkanes of at least 4 members (excludes halogenated alkanes) is 1. The minimum Gasteiger partial charge on any atom is -0.369 e. The predicted molar refractivity (Wildman–Crippen MR) is 155 cm³/mol. The van der Waals surface area contributed by atoms with E-state index in [-0.39, 0.29) is 23.0 Å². The molecule has 1 aromatic carbocycles. The van der Waals surface area contributed by atoms with Crippen molar-refractivity contribution in [1.82, 2.24) is 20.5 Å². The Labute approximate surface area is 232 Å². The molecule has 2 aromatic rings. The van der Waals surface area contributed by atoms with E-state index < -0.39 is 6.04 Å². The molecule has 1 fully saturated rings. The Bertz CT molecular complexity index is 1180. The van der Waals surface area contributed by atoms with E-state index in [9.17, 15) is 14.4 Å². The van der Waals surface area contributed by atoms with E-state index in [4.69, 9.17) is 0 Å². The summed E-state index contributed by atoms with van der Waals surface area (Å²) in [5.41, 5.74) is 4.62. The van der Waals surface area contributed by atoms with Crippen LogP contribution < -0.4 is 15.5 Å². The molecule has 2 heterocycles. The number of nitrogens with one attached hydrogen (secondary N) is 3. The van der Waals surface area contributed by atoms with Crippen molar-refractivity contribution in [3.63, 3.8) is 0 Å². The number of benzene rings is 1. The summed E-state index contributed by atoms with van der Waals surface area (Å²) in [6, 6.07) is 7.73. The number of H-pyrrole nitrogens is 1. The van der Waals surface area contributed by atoms with E-state index in [1.54, 1.807) is 0 Å². The summed E-state index contributed by atoms with van der Waals surface area (Å²) in [6.45, 7) is 15.9. The lowest BCUT2D eigenvalue weighted by molar-refractivity contribution is -0.123. The number of hydrogen-bond donors (Lipinski definition) is 3. The van der Waals surface area contributed by atoms with E-state index in [2.05, 4.69) is 77.4 Å². The standard InChI is InChI=1S/C31H45N5O3/c1-6-8-9-24(34-30(39)28-21(3)27-25(33-28)18-31(4,5)19-26(27)37)29(38)32-20-22-10-12-23(13-11-22)36-16-14-35(7-2)15-17-36/h10-13,24,33H,6-9,14-20H2,1-5H3,(H,32,38)(H,34,39). The number of Topliss-reactive ketones (excluding diaryl/α,β-unsaturated/α-hetero) is 1. The molecule has 3 N–H and O–H groups in total. The lowest BCUT2D eigenvalue weighted by atomic mass is 9.75. The number of fused-ring (bicyclic) bond motifs is 1. The highest BCUT2D eigenvalue weighted by Gasteiger charge is 2.35. The third kappa shape index (κ3) is 6.90. The van der Waals surface area contributed by atoms with Crippen LogP contribution in [-0.4, -0.2) is 66.2 Å². The molecule has 0 spiro atoms. The third-order valence-corrected chi connectivity index (χ3v) is 8.18. The van der Waals surface area contributed by atoms with E-state index >= 15 is 0 Å². The zero-order chi connectivity index (χ0) is 28.2. The molecule has 0 bridgehead atoms.